The van der Waals surface area contributed by atoms with E-state index in [1.54, 1.807) is 0 Å². The maximum atomic E-state index is 5.70. The van der Waals surface area contributed by atoms with E-state index in [1.807, 2.05) is 13.8 Å². The van der Waals surface area contributed by atoms with Crippen LogP contribution in [-0.2, 0) is 14.2 Å². The van der Waals surface area contributed by atoms with Crippen LogP contribution in [-0.4, -0.2) is 25.3 Å². The van der Waals surface area contributed by atoms with Gasteiger partial charge in [0.05, 0.1) is 19.3 Å². The second-order valence-electron chi connectivity index (χ2n) is 4.00. The number of hydrogen-bond donors (Lipinski definition) is 0. The van der Waals surface area contributed by atoms with Crippen LogP contribution in [0.3, 0.4) is 0 Å². The minimum atomic E-state index is -0.733. The normalized spacial score (nSPS) is 27.4. The summed E-state index contributed by atoms with van der Waals surface area (Å²) in [5.41, 5.74) is 0. The zero-order chi connectivity index (χ0) is 10.4. The van der Waals surface area contributed by atoms with Crippen LogP contribution in [0.5, 0.6) is 0 Å². The fraction of sp³-hybridized carbons (Fsp3) is 1.00. The number of unbranched alkanes of at least 4 members (excludes halogenated alkanes) is 1. The Morgan fingerprint density at radius 3 is 2.71 bits per heavy atom. The molecule has 1 aliphatic rings. The smallest absolute Gasteiger partial charge is 0.283 e. The van der Waals surface area contributed by atoms with Crippen LogP contribution in [0, 0.1) is 0 Å². The first-order valence-corrected chi connectivity index (χ1v) is 5.64. The van der Waals surface area contributed by atoms with E-state index in [0.29, 0.717) is 0 Å². The maximum Gasteiger partial charge on any atom is 0.283 e. The Morgan fingerprint density at radius 1 is 1.43 bits per heavy atom. The van der Waals surface area contributed by atoms with Gasteiger partial charge in [0.1, 0.15) is 0 Å². The topological polar surface area (TPSA) is 27.7 Å². The Kier molecular flexibility index (Phi) is 4.85. The van der Waals surface area contributed by atoms with E-state index < -0.39 is 5.97 Å². The molecule has 0 aromatic carbocycles. The lowest BCUT2D eigenvalue weighted by Gasteiger charge is -2.30. The second-order valence-corrected chi connectivity index (χ2v) is 4.00. The van der Waals surface area contributed by atoms with Crippen molar-refractivity contribution in [2.75, 3.05) is 13.2 Å². The summed E-state index contributed by atoms with van der Waals surface area (Å²) in [5.74, 6) is -0.733. The summed E-state index contributed by atoms with van der Waals surface area (Å²) in [6, 6.07) is 0. The predicted octanol–water partition coefficient (Wildman–Crippen LogP) is 2.69. The summed E-state index contributed by atoms with van der Waals surface area (Å²) in [4.78, 5) is 0. The molecule has 3 heteroatoms. The molecular formula is C11H22O3. The van der Waals surface area contributed by atoms with Crippen molar-refractivity contribution in [3.8, 4) is 0 Å². The molecule has 14 heavy (non-hydrogen) atoms. The van der Waals surface area contributed by atoms with Crippen LogP contribution in [0.25, 0.3) is 0 Å². The van der Waals surface area contributed by atoms with Gasteiger partial charge in [-0.15, -0.1) is 0 Å². The molecule has 1 aliphatic heterocycles. The van der Waals surface area contributed by atoms with Gasteiger partial charge in [-0.25, -0.2) is 0 Å². The van der Waals surface area contributed by atoms with Crippen LogP contribution in [0.1, 0.15) is 46.5 Å². The molecule has 1 atom stereocenters. The van der Waals surface area contributed by atoms with Gasteiger partial charge < -0.3 is 14.2 Å². The third-order valence-electron chi connectivity index (χ3n) is 2.18. The van der Waals surface area contributed by atoms with Crippen LogP contribution < -0.4 is 0 Å². The van der Waals surface area contributed by atoms with Gasteiger partial charge in [0, 0.05) is 6.42 Å². The van der Waals surface area contributed by atoms with Gasteiger partial charge in [-0.2, -0.15) is 0 Å². The van der Waals surface area contributed by atoms with Gasteiger partial charge in [-0.1, -0.05) is 13.3 Å². The summed E-state index contributed by atoms with van der Waals surface area (Å²) >= 11 is 0. The molecule has 1 saturated heterocycles. The lowest BCUT2D eigenvalue weighted by molar-refractivity contribution is -0.371. The second kappa shape index (κ2) is 5.69. The highest BCUT2D eigenvalue weighted by Gasteiger charge is 2.38. The van der Waals surface area contributed by atoms with Crippen molar-refractivity contribution in [2.24, 2.45) is 0 Å². The molecule has 1 unspecified atom stereocenters. The molecule has 1 fully saturated rings. The highest BCUT2D eigenvalue weighted by Crippen LogP contribution is 2.29. The lowest BCUT2D eigenvalue weighted by Crippen LogP contribution is -2.37. The van der Waals surface area contributed by atoms with Gasteiger partial charge in [-0.05, 0) is 26.7 Å². The first kappa shape index (κ1) is 12.0. The quantitative estimate of drug-likeness (QED) is 0.489. The van der Waals surface area contributed by atoms with Crippen molar-refractivity contribution in [1.29, 1.82) is 0 Å². The van der Waals surface area contributed by atoms with Crippen molar-refractivity contribution < 1.29 is 14.2 Å². The first-order chi connectivity index (χ1) is 6.68. The predicted molar refractivity (Wildman–Crippen MR) is 55.0 cm³/mol. The van der Waals surface area contributed by atoms with E-state index in [9.17, 15) is 0 Å². The number of hydrogen-bond acceptors (Lipinski definition) is 3. The highest BCUT2D eigenvalue weighted by molar-refractivity contribution is 4.66. The molecule has 0 bridgehead atoms. The zero-order valence-corrected chi connectivity index (χ0v) is 9.54. The van der Waals surface area contributed by atoms with Crippen molar-refractivity contribution in [2.45, 2.75) is 58.5 Å². The third-order valence-corrected chi connectivity index (χ3v) is 2.18. The molecule has 0 amide bonds. The molecule has 0 aliphatic carbocycles. The van der Waals surface area contributed by atoms with Crippen LogP contribution in [0.2, 0.25) is 0 Å². The Labute approximate surface area is 86.7 Å². The molecule has 1 rings (SSSR count). The molecule has 0 aromatic heterocycles. The third kappa shape index (κ3) is 3.56. The molecule has 0 saturated carbocycles. The fourth-order valence-corrected chi connectivity index (χ4v) is 1.56. The monoisotopic (exact) mass is 202 g/mol. The van der Waals surface area contributed by atoms with Crippen LogP contribution in [0.4, 0.5) is 0 Å². The van der Waals surface area contributed by atoms with E-state index in [0.717, 1.165) is 38.9 Å². The number of rotatable bonds is 6. The van der Waals surface area contributed by atoms with Gasteiger partial charge in [0.2, 0.25) is 0 Å². The Morgan fingerprint density at radius 2 is 2.21 bits per heavy atom. The van der Waals surface area contributed by atoms with Gasteiger partial charge in [-0.3, -0.25) is 0 Å². The zero-order valence-electron chi connectivity index (χ0n) is 9.54. The summed E-state index contributed by atoms with van der Waals surface area (Å²) in [7, 11) is 0. The number of ether oxygens (including phenoxy) is 3. The van der Waals surface area contributed by atoms with E-state index >= 15 is 0 Å². The van der Waals surface area contributed by atoms with Gasteiger partial charge >= 0.3 is 0 Å². The highest BCUT2D eigenvalue weighted by atomic mass is 16.9. The summed E-state index contributed by atoms with van der Waals surface area (Å²) in [6.45, 7) is 7.64. The fourth-order valence-electron chi connectivity index (χ4n) is 1.56. The van der Waals surface area contributed by atoms with Gasteiger partial charge in [0.15, 0.2) is 0 Å². The molecular weight excluding hydrogens is 180 g/mol. The average Bonchev–Trinajstić information content (AvgIpc) is 2.53. The van der Waals surface area contributed by atoms with Crippen molar-refractivity contribution in [3.63, 3.8) is 0 Å². The summed E-state index contributed by atoms with van der Waals surface area (Å²) in [5, 5.41) is 0. The largest absolute Gasteiger partial charge is 0.327 e. The molecule has 0 aromatic rings. The first-order valence-electron chi connectivity index (χ1n) is 5.64. The minimum absolute atomic E-state index is 0.148. The van der Waals surface area contributed by atoms with Crippen molar-refractivity contribution >= 4 is 0 Å². The summed E-state index contributed by atoms with van der Waals surface area (Å²) in [6.07, 6.45) is 4.23. The molecule has 3 nitrogen and oxygen atoms in total. The lowest BCUT2D eigenvalue weighted by atomic mass is 10.3. The van der Waals surface area contributed by atoms with E-state index in [2.05, 4.69) is 6.92 Å². The molecule has 1 heterocycles. The van der Waals surface area contributed by atoms with Crippen molar-refractivity contribution in [3.05, 3.63) is 0 Å². The molecule has 0 radical (unpaired) electrons. The SMILES string of the molecule is CCCCOC1(OC(C)C)CCCO1. The molecule has 0 spiro atoms. The van der Waals surface area contributed by atoms with Crippen LogP contribution in [0.15, 0.2) is 0 Å². The van der Waals surface area contributed by atoms with E-state index in [-0.39, 0.29) is 6.10 Å². The standard InChI is InChI=1S/C11H22O3/c1-4-5-8-12-11(14-10(2)3)7-6-9-13-11/h10H,4-9H2,1-3H3. The Balaban J connectivity index is 2.36. The molecule has 84 valence electrons. The van der Waals surface area contributed by atoms with E-state index in [4.69, 9.17) is 14.2 Å². The Hall–Kier alpha value is -0.120. The van der Waals surface area contributed by atoms with Crippen LogP contribution >= 0.6 is 0 Å². The maximum absolute atomic E-state index is 5.70. The Bertz CT molecular complexity index is 151. The minimum Gasteiger partial charge on any atom is -0.327 e. The van der Waals surface area contributed by atoms with Gasteiger partial charge in [0.25, 0.3) is 5.97 Å². The molecule has 0 N–H and O–H groups in total. The summed E-state index contributed by atoms with van der Waals surface area (Å²) < 4.78 is 17.0. The van der Waals surface area contributed by atoms with Crippen molar-refractivity contribution in [1.82, 2.24) is 0 Å². The van der Waals surface area contributed by atoms with E-state index in [1.165, 1.54) is 0 Å². The average molecular weight is 202 g/mol.